The number of para-hydroxylation sites is 1. The number of nitrogens with zero attached hydrogens (tertiary/aromatic N) is 1. The summed E-state index contributed by atoms with van der Waals surface area (Å²) < 4.78 is 5.71. The lowest BCUT2D eigenvalue weighted by Gasteiger charge is -2.20. The van der Waals surface area contributed by atoms with Gasteiger partial charge in [0.25, 0.3) is 5.91 Å². The van der Waals surface area contributed by atoms with Crippen molar-refractivity contribution in [1.29, 1.82) is 0 Å². The number of hydrogen-bond acceptors (Lipinski definition) is 3. The molecule has 0 bridgehead atoms. The van der Waals surface area contributed by atoms with Crippen molar-refractivity contribution in [3.8, 4) is 5.75 Å². The minimum absolute atomic E-state index is 0. The summed E-state index contributed by atoms with van der Waals surface area (Å²) in [7, 11) is 0. The van der Waals surface area contributed by atoms with Crippen molar-refractivity contribution < 1.29 is 9.53 Å². The fourth-order valence-corrected chi connectivity index (χ4v) is 2.72. The SMILES string of the molecule is CCNC(=NCc1cccc(C(=O)NC(C)(C)C)c1)NCCCOc1ccccc1.I. The van der Waals surface area contributed by atoms with Crippen LogP contribution in [-0.4, -0.2) is 37.1 Å². The van der Waals surface area contributed by atoms with Crippen molar-refractivity contribution >= 4 is 35.8 Å². The van der Waals surface area contributed by atoms with E-state index in [1.165, 1.54) is 0 Å². The number of carbonyl (C=O) groups is 1. The van der Waals surface area contributed by atoms with Crippen LogP contribution in [0.1, 0.15) is 50.0 Å². The van der Waals surface area contributed by atoms with Gasteiger partial charge in [-0.2, -0.15) is 0 Å². The van der Waals surface area contributed by atoms with E-state index in [-0.39, 0.29) is 35.4 Å². The zero-order valence-electron chi connectivity index (χ0n) is 18.9. The second-order valence-corrected chi connectivity index (χ2v) is 8.04. The molecule has 0 radical (unpaired) electrons. The first-order chi connectivity index (χ1) is 14.4. The molecule has 0 spiro atoms. The van der Waals surface area contributed by atoms with Crippen LogP contribution in [0.3, 0.4) is 0 Å². The van der Waals surface area contributed by atoms with Gasteiger partial charge in [0.1, 0.15) is 5.75 Å². The quantitative estimate of drug-likeness (QED) is 0.192. The number of amides is 1. The third-order valence-corrected chi connectivity index (χ3v) is 4.07. The molecule has 0 atom stereocenters. The maximum Gasteiger partial charge on any atom is 0.251 e. The van der Waals surface area contributed by atoms with Gasteiger partial charge < -0.3 is 20.7 Å². The molecule has 0 aliphatic carbocycles. The highest BCUT2D eigenvalue weighted by atomic mass is 127. The molecule has 31 heavy (non-hydrogen) atoms. The van der Waals surface area contributed by atoms with Gasteiger partial charge in [-0.1, -0.05) is 30.3 Å². The molecular formula is C24H35IN4O2. The van der Waals surface area contributed by atoms with Crippen molar-refractivity contribution in [2.75, 3.05) is 19.7 Å². The largest absolute Gasteiger partial charge is 0.494 e. The number of halogens is 1. The summed E-state index contributed by atoms with van der Waals surface area (Å²) in [6, 6.07) is 17.4. The Morgan fingerprint density at radius 2 is 1.77 bits per heavy atom. The normalized spacial score (nSPS) is 11.3. The van der Waals surface area contributed by atoms with Gasteiger partial charge in [-0.05, 0) is 63.9 Å². The van der Waals surface area contributed by atoms with Crippen LogP contribution in [0, 0.1) is 0 Å². The Hall–Kier alpha value is -2.29. The molecule has 7 heteroatoms. The van der Waals surface area contributed by atoms with Gasteiger partial charge in [-0.3, -0.25) is 4.79 Å². The van der Waals surface area contributed by atoms with Crippen molar-refractivity contribution in [3.63, 3.8) is 0 Å². The molecule has 6 nitrogen and oxygen atoms in total. The second kappa shape index (κ2) is 13.9. The molecule has 3 N–H and O–H groups in total. The molecule has 0 unspecified atom stereocenters. The van der Waals surface area contributed by atoms with Gasteiger partial charge in [0.15, 0.2) is 5.96 Å². The van der Waals surface area contributed by atoms with Crippen molar-refractivity contribution in [1.82, 2.24) is 16.0 Å². The number of benzene rings is 2. The third-order valence-electron chi connectivity index (χ3n) is 4.07. The Morgan fingerprint density at radius 1 is 1.03 bits per heavy atom. The van der Waals surface area contributed by atoms with Crippen LogP contribution in [0.25, 0.3) is 0 Å². The molecular weight excluding hydrogens is 503 g/mol. The smallest absolute Gasteiger partial charge is 0.251 e. The first-order valence-electron chi connectivity index (χ1n) is 10.5. The summed E-state index contributed by atoms with van der Waals surface area (Å²) in [6.45, 7) is 10.6. The van der Waals surface area contributed by atoms with E-state index in [9.17, 15) is 4.79 Å². The minimum atomic E-state index is -0.266. The van der Waals surface area contributed by atoms with Crippen molar-refractivity contribution in [2.24, 2.45) is 4.99 Å². The summed E-state index contributed by atoms with van der Waals surface area (Å²) >= 11 is 0. The van der Waals surface area contributed by atoms with E-state index in [1.54, 1.807) is 0 Å². The average molecular weight is 538 g/mol. The van der Waals surface area contributed by atoms with Gasteiger partial charge in [-0.15, -0.1) is 24.0 Å². The van der Waals surface area contributed by atoms with Gasteiger partial charge in [0.05, 0.1) is 13.2 Å². The van der Waals surface area contributed by atoms with Crippen LogP contribution < -0.4 is 20.7 Å². The van der Waals surface area contributed by atoms with E-state index in [4.69, 9.17) is 4.74 Å². The predicted molar refractivity (Wildman–Crippen MR) is 138 cm³/mol. The van der Waals surface area contributed by atoms with E-state index in [2.05, 4.69) is 20.9 Å². The Kier molecular flexibility index (Phi) is 12.0. The Balaban J connectivity index is 0.00000480. The standard InChI is InChI=1S/C24H34N4O2.HI/c1-5-25-23(26-15-10-16-30-21-13-7-6-8-14-21)27-18-19-11-9-12-20(17-19)22(29)28-24(2,3)4;/h6-9,11-14,17H,5,10,15-16,18H2,1-4H3,(H,28,29)(H2,25,26,27);1H. The van der Waals surface area contributed by atoms with Gasteiger partial charge >= 0.3 is 0 Å². The van der Waals surface area contributed by atoms with Crippen molar-refractivity contribution in [2.45, 2.75) is 46.2 Å². The zero-order valence-corrected chi connectivity index (χ0v) is 21.2. The summed E-state index contributed by atoms with van der Waals surface area (Å²) in [6.07, 6.45) is 0.863. The van der Waals surface area contributed by atoms with Crippen LogP contribution in [0.2, 0.25) is 0 Å². The molecule has 2 rings (SSSR count). The number of nitrogens with one attached hydrogen (secondary N) is 3. The lowest BCUT2D eigenvalue weighted by molar-refractivity contribution is 0.0919. The number of aliphatic imine (C=N–C) groups is 1. The molecule has 2 aromatic carbocycles. The summed E-state index contributed by atoms with van der Waals surface area (Å²) in [5.74, 6) is 1.56. The highest BCUT2D eigenvalue weighted by Crippen LogP contribution is 2.10. The summed E-state index contributed by atoms with van der Waals surface area (Å²) in [4.78, 5) is 17.0. The van der Waals surface area contributed by atoms with Crippen LogP contribution in [-0.2, 0) is 6.54 Å². The monoisotopic (exact) mass is 538 g/mol. The lowest BCUT2D eigenvalue weighted by Crippen LogP contribution is -2.40. The number of hydrogen-bond donors (Lipinski definition) is 3. The fraction of sp³-hybridized carbons (Fsp3) is 0.417. The maximum atomic E-state index is 12.4. The number of carbonyl (C=O) groups excluding carboxylic acids is 1. The molecule has 0 heterocycles. The molecule has 0 saturated heterocycles. The number of ether oxygens (including phenoxy) is 1. The summed E-state index contributed by atoms with van der Waals surface area (Å²) in [5.41, 5.74) is 1.37. The molecule has 2 aromatic rings. The predicted octanol–water partition coefficient (Wildman–Crippen LogP) is 4.36. The minimum Gasteiger partial charge on any atom is -0.494 e. The number of guanidine groups is 1. The average Bonchev–Trinajstić information content (AvgIpc) is 2.71. The van der Waals surface area contributed by atoms with E-state index in [0.29, 0.717) is 18.7 Å². The first kappa shape index (κ1) is 26.7. The summed E-state index contributed by atoms with van der Waals surface area (Å²) in [5, 5.41) is 9.56. The molecule has 0 fully saturated rings. The zero-order chi connectivity index (χ0) is 21.8. The first-order valence-corrected chi connectivity index (χ1v) is 10.5. The Labute approximate surface area is 203 Å². The Morgan fingerprint density at radius 3 is 2.45 bits per heavy atom. The molecule has 0 aromatic heterocycles. The topological polar surface area (TPSA) is 74.8 Å². The van der Waals surface area contributed by atoms with Crippen LogP contribution >= 0.6 is 24.0 Å². The van der Waals surface area contributed by atoms with Crippen LogP contribution in [0.15, 0.2) is 59.6 Å². The molecule has 0 saturated carbocycles. The van der Waals surface area contributed by atoms with Gasteiger partial charge in [0, 0.05) is 24.2 Å². The van der Waals surface area contributed by atoms with E-state index >= 15 is 0 Å². The van der Waals surface area contributed by atoms with Crippen LogP contribution in [0.4, 0.5) is 0 Å². The van der Waals surface area contributed by atoms with Gasteiger partial charge in [0.2, 0.25) is 0 Å². The van der Waals surface area contributed by atoms with Gasteiger partial charge in [-0.25, -0.2) is 4.99 Å². The van der Waals surface area contributed by atoms with E-state index in [0.717, 1.165) is 36.8 Å². The molecule has 0 aliphatic rings. The molecule has 0 aliphatic heterocycles. The maximum absolute atomic E-state index is 12.4. The fourth-order valence-electron chi connectivity index (χ4n) is 2.72. The molecule has 170 valence electrons. The van der Waals surface area contributed by atoms with Crippen molar-refractivity contribution in [3.05, 3.63) is 65.7 Å². The Bertz CT molecular complexity index is 820. The van der Waals surface area contributed by atoms with E-state index < -0.39 is 0 Å². The highest BCUT2D eigenvalue weighted by Gasteiger charge is 2.15. The highest BCUT2D eigenvalue weighted by molar-refractivity contribution is 14.0. The third kappa shape index (κ3) is 11.1. The lowest BCUT2D eigenvalue weighted by atomic mass is 10.1. The van der Waals surface area contributed by atoms with Crippen LogP contribution in [0.5, 0.6) is 5.75 Å². The number of rotatable bonds is 9. The molecule has 1 amide bonds. The van der Waals surface area contributed by atoms with E-state index in [1.807, 2.05) is 82.3 Å². The second-order valence-electron chi connectivity index (χ2n) is 8.04.